The Morgan fingerprint density at radius 1 is 1.05 bits per heavy atom. The maximum Gasteiger partial charge on any atom is 0.242 e. The Bertz CT molecular complexity index is 455. The van der Waals surface area contributed by atoms with Gasteiger partial charge < -0.3 is 9.80 Å². The molecule has 0 aliphatic carbocycles. The van der Waals surface area contributed by atoms with Crippen LogP contribution in [0.2, 0.25) is 5.02 Å². The van der Waals surface area contributed by atoms with E-state index in [0.29, 0.717) is 18.1 Å². The lowest BCUT2D eigenvalue weighted by Crippen LogP contribution is -2.41. The van der Waals surface area contributed by atoms with Crippen molar-refractivity contribution < 1.29 is 9.59 Å². The first-order valence-electron chi connectivity index (χ1n) is 6.74. The molecule has 0 aliphatic heterocycles. The SMILES string of the molecule is CCN(CC)C(=O)CN(C)C(=O)Cc1ccc(Cl)cc1. The number of likely N-dealkylation sites (N-methyl/N-ethyl adjacent to an activating group) is 2. The Morgan fingerprint density at radius 3 is 2.10 bits per heavy atom. The summed E-state index contributed by atoms with van der Waals surface area (Å²) in [4.78, 5) is 27.2. The van der Waals surface area contributed by atoms with E-state index in [2.05, 4.69) is 0 Å². The number of benzene rings is 1. The molecule has 0 unspecified atom stereocenters. The molecule has 0 saturated carbocycles. The molecule has 0 saturated heterocycles. The van der Waals surface area contributed by atoms with E-state index in [1.165, 1.54) is 4.90 Å². The zero-order valence-corrected chi connectivity index (χ0v) is 13.0. The quantitative estimate of drug-likeness (QED) is 0.807. The molecule has 1 aromatic carbocycles. The van der Waals surface area contributed by atoms with Crippen molar-refractivity contribution >= 4 is 23.4 Å². The first-order chi connectivity index (χ1) is 9.47. The molecule has 4 nitrogen and oxygen atoms in total. The summed E-state index contributed by atoms with van der Waals surface area (Å²) in [6.07, 6.45) is 0.277. The Balaban J connectivity index is 2.54. The van der Waals surface area contributed by atoms with Gasteiger partial charge in [0.1, 0.15) is 0 Å². The van der Waals surface area contributed by atoms with E-state index < -0.39 is 0 Å². The number of carbonyl (C=O) groups excluding carboxylic acids is 2. The van der Waals surface area contributed by atoms with Gasteiger partial charge in [-0.2, -0.15) is 0 Å². The van der Waals surface area contributed by atoms with Crippen LogP contribution in [-0.2, 0) is 16.0 Å². The van der Waals surface area contributed by atoms with Crippen molar-refractivity contribution in [2.24, 2.45) is 0 Å². The molecule has 0 radical (unpaired) electrons. The smallest absolute Gasteiger partial charge is 0.242 e. The predicted molar refractivity (Wildman–Crippen MR) is 80.7 cm³/mol. The van der Waals surface area contributed by atoms with E-state index in [4.69, 9.17) is 11.6 Å². The minimum atomic E-state index is -0.0761. The second-order valence-corrected chi connectivity index (χ2v) is 5.06. The second kappa shape index (κ2) is 7.90. The van der Waals surface area contributed by atoms with Gasteiger partial charge in [0.15, 0.2) is 0 Å². The third-order valence-corrected chi connectivity index (χ3v) is 3.43. The van der Waals surface area contributed by atoms with Crippen LogP contribution in [0.3, 0.4) is 0 Å². The molecular weight excluding hydrogens is 276 g/mol. The summed E-state index contributed by atoms with van der Waals surface area (Å²) in [5.74, 6) is -0.102. The lowest BCUT2D eigenvalue weighted by Gasteiger charge is -2.23. The molecular formula is C15H21ClN2O2. The summed E-state index contributed by atoms with van der Waals surface area (Å²) >= 11 is 5.80. The van der Waals surface area contributed by atoms with Gasteiger partial charge in [-0.05, 0) is 31.5 Å². The summed E-state index contributed by atoms with van der Waals surface area (Å²) in [5, 5.41) is 0.645. The van der Waals surface area contributed by atoms with Crippen LogP contribution in [0.25, 0.3) is 0 Å². The molecule has 0 spiro atoms. The summed E-state index contributed by atoms with van der Waals surface area (Å²) in [6.45, 7) is 5.30. The lowest BCUT2D eigenvalue weighted by molar-refractivity contribution is -0.138. The van der Waals surface area contributed by atoms with Crippen LogP contribution < -0.4 is 0 Å². The van der Waals surface area contributed by atoms with Gasteiger partial charge in [-0.3, -0.25) is 9.59 Å². The number of rotatable bonds is 6. The molecule has 0 heterocycles. The van der Waals surface area contributed by atoms with Gasteiger partial charge in [-0.1, -0.05) is 23.7 Å². The van der Waals surface area contributed by atoms with E-state index in [1.807, 2.05) is 26.0 Å². The van der Waals surface area contributed by atoms with Gasteiger partial charge in [0.2, 0.25) is 11.8 Å². The number of hydrogen-bond acceptors (Lipinski definition) is 2. The largest absolute Gasteiger partial charge is 0.342 e. The summed E-state index contributed by atoms with van der Waals surface area (Å²) in [5.41, 5.74) is 0.890. The highest BCUT2D eigenvalue weighted by atomic mass is 35.5. The zero-order valence-electron chi connectivity index (χ0n) is 12.2. The molecule has 0 aliphatic rings. The first-order valence-corrected chi connectivity index (χ1v) is 7.11. The van der Waals surface area contributed by atoms with E-state index in [-0.39, 0.29) is 24.8 Å². The number of halogens is 1. The van der Waals surface area contributed by atoms with Crippen LogP contribution >= 0.6 is 11.6 Å². The molecule has 0 aromatic heterocycles. The fourth-order valence-corrected chi connectivity index (χ4v) is 2.01. The van der Waals surface area contributed by atoms with Crippen LogP contribution in [-0.4, -0.2) is 48.3 Å². The van der Waals surface area contributed by atoms with Crippen molar-refractivity contribution in [2.45, 2.75) is 20.3 Å². The van der Waals surface area contributed by atoms with Crippen molar-refractivity contribution in [1.29, 1.82) is 0 Å². The molecule has 0 bridgehead atoms. The predicted octanol–water partition coefficient (Wildman–Crippen LogP) is 2.21. The third kappa shape index (κ3) is 4.85. The van der Waals surface area contributed by atoms with Crippen molar-refractivity contribution in [3.63, 3.8) is 0 Å². The highest BCUT2D eigenvalue weighted by Gasteiger charge is 2.16. The maximum absolute atomic E-state index is 12.1. The van der Waals surface area contributed by atoms with Gasteiger partial charge in [-0.15, -0.1) is 0 Å². The Hall–Kier alpha value is -1.55. The normalized spacial score (nSPS) is 10.2. The second-order valence-electron chi connectivity index (χ2n) is 4.62. The van der Waals surface area contributed by atoms with Crippen molar-refractivity contribution in [2.75, 3.05) is 26.7 Å². The van der Waals surface area contributed by atoms with E-state index in [0.717, 1.165) is 5.56 Å². The van der Waals surface area contributed by atoms with Crippen molar-refractivity contribution in [3.8, 4) is 0 Å². The molecule has 20 heavy (non-hydrogen) atoms. The zero-order chi connectivity index (χ0) is 15.1. The molecule has 1 aromatic rings. The number of hydrogen-bond donors (Lipinski definition) is 0. The topological polar surface area (TPSA) is 40.6 Å². The molecule has 0 N–H and O–H groups in total. The monoisotopic (exact) mass is 296 g/mol. The highest BCUT2D eigenvalue weighted by Crippen LogP contribution is 2.10. The minimum Gasteiger partial charge on any atom is -0.342 e. The molecule has 0 atom stereocenters. The van der Waals surface area contributed by atoms with Crippen molar-refractivity contribution in [3.05, 3.63) is 34.9 Å². The summed E-state index contributed by atoms with van der Waals surface area (Å²) < 4.78 is 0. The Labute approximate surface area is 125 Å². The summed E-state index contributed by atoms with van der Waals surface area (Å²) in [7, 11) is 1.65. The summed E-state index contributed by atoms with van der Waals surface area (Å²) in [6, 6.07) is 7.15. The fourth-order valence-electron chi connectivity index (χ4n) is 1.88. The standard InChI is InChI=1S/C15H21ClN2O2/c1-4-18(5-2)15(20)11-17(3)14(19)10-12-6-8-13(16)9-7-12/h6-9H,4-5,10-11H2,1-3H3. The average molecular weight is 297 g/mol. The van der Waals surface area contributed by atoms with Gasteiger partial charge >= 0.3 is 0 Å². The van der Waals surface area contributed by atoms with E-state index in [9.17, 15) is 9.59 Å². The lowest BCUT2D eigenvalue weighted by atomic mass is 10.1. The number of carbonyl (C=O) groups is 2. The van der Waals surface area contributed by atoms with E-state index >= 15 is 0 Å². The third-order valence-electron chi connectivity index (χ3n) is 3.18. The van der Waals surface area contributed by atoms with Gasteiger partial charge in [0.05, 0.1) is 13.0 Å². The van der Waals surface area contributed by atoms with Gasteiger partial charge in [-0.25, -0.2) is 0 Å². The molecule has 1 rings (SSSR count). The molecule has 2 amide bonds. The van der Waals surface area contributed by atoms with E-state index in [1.54, 1.807) is 24.1 Å². The molecule has 5 heteroatoms. The van der Waals surface area contributed by atoms with Crippen LogP contribution in [0.1, 0.15) is 19.4 Å². The average Bonchev–Trinajstić information content (AvgIpc) is 2.42. The van der Waals surface area contributed by atoms with Crippen LogP contribution in [0.5, 0.6) is 0 Å². The Kier molecular flexibility index (Phi) is 6.52. The highest BCUT2D eigenvalue weighted by molar-refractivity contribution is 6.30. The minimum absolute atomic E-state index is 0.0260. The maximum atomic E-state index is 12.1. The van der Waals surface area contributed by atoms with Crippen LogP contribution in [0, 0.1) is 0 Å². The van der Waals surface area contributed by atoms with Gasteiger partial charge in [0.25, 0.3) is 0 Å². The number of nitrogens with zero attached hydrogens (tertiary/aromatic N) is 2. The Morgan fingerprint density at radius 2 is 1.60 bits per heavy atom. The van der Waals surface area contributed by atoms with Crippen LogP contribution in [0.4, 0.5) is 0 Å². The first kappa shape index (κ1) is 16.5. The molecule has 110 valence electrons. The molecule has 0 fully saturated rings. The van der Waals surface area contributed by atoms with Gasteiger partial charge in [0, 0.05) is 25.2 Å². The number of amides is 2. The fraction of sp³-hybridized carbons (Fsp3) is 0.467. The van der Waals surface area contributed by atoms with Crippen LogP contribution in [0.15, 0.2) is 24.3 Å². The van der Waals surface area contributed by atoms with Crippen molar-refractivity contribution in [1.82, 2.24) is 9.80 Å².